The van der Waals surface area contributed by atoms with E-state index in [9.17, 15) is 0 Å². The van der Waals surface area contributed by atoms with Crippen molar-refractivity contribution in [2.75, 3.05) is 6.61 Å². The smallest absolute Gasteiger partial charge is 0.332 e. The molecule has 1 aromatic heterocycles. The number of aromatic nitrogens is 1. The van der Waals surface area contributed by atoms with Gasteiger partial charge in [-0.25, -0.2) is 0 Å². The van der Waals surface area contributed by atoms with Crippen LogP contribution in [0.1, 0.15) is 63.9 Å². The maximum Gasteiger partial charge on any atom is 0.332 e. The van der Waals surface area contributed by atoms with Crippen LogP contribution in [0.15, 0.2) is 36.7 Å². The molecule has 0 bridgehead atoms. The Balaban J connectivity index is 2.02. The summed E-state index contributed by atoms with van der Waals surface area (Å²) < 4.78 is 11.9. The van der Waals surface area contributed by atoms with Gasteiger partial charge in [0, 0.05) is 12.4 Å². The van der Waals surface area contributed by atoms with Crippen molar-refractivity contribution >= 4 is 8.56 Å². The van der Waals surface area contributed by atoms with Crippen LogP contribution >= 0.6 is 0 Å². The average molecular weight is 350 g/mol. The lowest BCUT2D eigenvalue weighted by Crippen LogP contribution is -2.34. The van der Waals surface area contributed by atoms with Crippen molar-refractivity contribution < 1.29 is 8.85 Å². The van der Waals surface area contributed by atoms with Gasteiger partial charge in [-0.1, -0.05) is 63.7 Å². The van der Waals surface area contributed by atoms with E-state index < -0.39 is 8.56 Å². The Bertz CT molecular complexity index is 435. The van der Waals surface area contributed by atoms with Gasteiger partial charge >= 0.3 is 8.56 Å². The highest BCUT2D eigenvalue weighted by atomic mass is 28.4. The number of rotatable bonds is 14. The van der Waals surface area contributed by atoms with Crippen LogP contribution in [0.25, 0.3) is 0 Å². The molecule has 0 aliphatic carbocycles. The minimum absolute atomic E-state index is 0.578. The number of pyridine rings is 1. The quantitative estimate of drug-likeness (QED) is 0.234. The minimum atomic E-state index is -2.06. The predicted molar refractivity (Wildman–Crippen MR) is 104 cm³/mol. The number of hydrogen-bond acceptors (Lipinski definition) is 3. The van der Waals surface area contributed by atoms with Crippen LogP contribution in [0.5, 0.6) is 0 Å². The fourth-order valence-corrected chi connectivity index (χ4v) is 3.53. The molecule has 24 heavy (non-hydrogen) atoms. The zero-order valence-electron chi connectivity index (χ0n) is 15.8. The van der Waals surface area contributed by atoms with Crippen molar-refractivity contribution in [2.45, 2.75) is 78.0 Å². The van der Waals surface area contributed by atoms with Crippen LogP contribution in [0.3, 0.4) is 0 Å². The molecule has 0 aliphatic rings. The van der Waals surface area contributed by atoms with E-state index in [0.29, 0.717) is 13.2 Å². The lowest BCUT2D eigenvalue weighted by atomic mass is 10.1. The summed E-state index contributed by atoms with van der Waals surface area (Å²) in [6, 6.07) is 3.96. The average Bonchev–Trinajstić information content (AvgIpc) is 2.59. The number of unbranched alkanes of at least 4 members (excludes halogenated alkanes) is 7. The molecule has 1 aromatic rings. The summed E-state index contributed by atoms with van der Waals surface area (Å²) in [7, 11) is -2.06. The summed E-state index contributed by atoms with van der Waals surface area (Å²) in [5, 5.41) is 0. The first-order valence-corrected chi connectivity index (χ1v) is 12.3. The Hall–Kier alpha value is -0.973. The van der Waals surface area contributed by atoms with E-state index in [1.807, 2.05) is 18.3 Å². The molecule has 0 spiro atoms. The van der Waals surface area contributed by atoms with Crippen molar-refractivity contribution in [2.24, 2.45) is 0 Å². The molecule has 0 atom stereocenters. The molecular weight excluding hydrogens is 314 g/mol. The highest BCUT2D eigenvalue weighted by Gasteiger charge is 2.23. The van der Waals surface area contributed by atoms with Gasteiger partial charge in [-0.15, -0.1) is 0 Å². The second-order valence-electron chi connectivity index (χ2n) is 6.74. The first-order chi connectivity index (χ1) is 11.6. The molecular formula is C20H35NO2Si. The van der Waals surface area contributed by atoms with Gasteiger partial charge in [-0.2, -0.15) is 0 Å². The summed E-state index contributed by atoms with van der Waals surface area (Å²) in [5.74, 6) is 0. The highest BCUT2D eigenvalue weighted by molar-refractivity contribution is 6.64. The van der Waals surface area contributed by atoms with Crippen LogP contribution in [0, 0.1) is 0 Å². The van der Waals surface area contributed by atoms with E-state index in [1.54, 1.807) is 6.20 Å². The molecule has 0 amide bonds. The highest BCUT2D eigenvalue weighted by Crippen LogP contribution is 2.11. The van der Waals surface area contributed by atoms with Crippen molar-refractivity contribution in [3.05, 3.63) is 42.2 Å². The van der Waals surface area contributed by atoms with Crippen molar-refractivity contribution in [3.8, 4) is 0 Å². The summed E-state index contributed by atoms with van der Waals surface area (Å²) in [6.07, 6.45) is 18.7. The van der Waals surface area contributed by atoms with Crippen molar-refractivity contribution in [3.63, 3.8) is 0 Å². The third-order valence-electron chi connectivity index (χ3n) is 3.98. The van der Waals surface area contributed by atoms with Gasteiger partial charge < -0.3 is 8.85 Å². The molecule has 0 saturated carbocycles. The topological polar surface area (TPSA) is 31.4 Å². The molecule has 4 heteroatoms. The maximum atomic E-state index is 5.95. The van der Waals surface area contributed by atoms with Gasteiger partial charge in [-0.3, -0.25) is 4.98 Å². The maximum absolute atomic E-state index is 5.95. The van der Waals surface area contributed by atoms with E-state index in [2.05, 4.69) is 37.2 Å². The fraction of sp³-hybridized carbons (Fsp3) is 0.650. The van der Waals surface area contributed by atoms with Gasteiger partial charge in [0.1, 0.15) is 0 Å². The second kappa shape index (κ2) is 13.3. The zero-order chi connectivity index (χ0) is 17.5. The molecule has 0 aromatic carbocycles. The molecule has 0 aliphatic heterocycles. The van der Waals surface area contributed by atoms with Gasteiger partial charge in [0.25, 0.3) is 0 Å². The standard InChI is InChI=1S/C20H35NO2Si/c1-4-5-6-7-8-9-10-11-12-13-17-22-24(2,3)23-19-20-15-14-16-21-18-20/h12-16,18H,4-11,17,19H2,1-3H3/b13-12+. The summed E-state index contributed by atoms with van der Waals surface area (Å²) in [6.45, 7) is 7.68. The fourth-order valence-electron chi connectivity index (χ4n) is 2.44. The Morgan fingerprint density at radius 2 is 1.75 bits per heavy atom. The second-order valence-corrected chi connectivity index (χ2v) is 10.1. The van der Waals surface area contributed by atoms with Gasteiger partial charge in [0.2, 0.25) is 0 Å². The monoisotopic (exact) mass is 349 g/mol. The summed E-state index contributed by atoms with van der Waals surface area (Å²) in [5.41, 5.74) is 1.09. The Labute approximate surface area is 149 Å². The van der Waals surface area contributed by atoms with Gasteiger partial charge in [0.15, 0.2) is 0 Å². The van der Waals surface area contributed by atoms with Crippen molar-refractivity contribution in [1.82, 2.24) is 4.98 Å². The molecule has 3 nitrogen and oxygen atoms in total. The van der Waals surface area contributed by atoms with E-state index in [0.717, 1.165) is 12.0 Å². The number of hydrogen-bond donors (Lipinski definition) is 0. The molecule has 0 fully saturated rings. The third kappa shape index (κ3) is 11.5. The zero-order valence-corrected chi connectivity index (χ0v) is 16.8. The van der Waals surface area contributed by atoms with Gasteiger partial charge in [0.05, 0.1) is 13.2 Å². The summed E-state index contributed by atoms with van der Waals surface area (Å²) >= 11 is 0. The van der Waals surface area contributed by atoms with Crippen LogP contribution in [-0.2, 0) is 15.5 Å². The van der Waals surface area contributed by atoms with E-state index in [1.165, 1.54) is 44.9 Å². The van der Waals surface area contributed by atoms with Crippen LogP contribution in [-0.4, -0.2) is 20.2 Å². The van der Waals surface area contributed by atoms with Crippen LogP contribution in [0.4, 0.5) is 0 Å². The van der Waals surface area contributed by atoms with Crippen LogP contribution < -0.4 is 0 Å². The van der Waals surface area contributed by atoms with Gasteiger partial charge in [-0.05, 0) is 37.6 Å². The lowest BCUT2D eigenvalue weighted by Gasteiger charge is -2.22. The van der Waals surface area contributed by atoms with E-state index in [4.69, 9.17) is 8.85 Å². The molecule has 0 saturated heterocycles. The molecule has 1 heterocycles. The summed E-state index contributed by atoms with van der Waals surface area (Å²) in [4.78, 5) is 4.10. The van der Waals surface area contributed by atoms with Crippen LogP contribution in [0.2, 0.25) is 13.1 Å². The van der Waals surface area contributed by atoms with E-state index >= 15 is 0 Å². The predicted octanol–water partition coefficient (Wildman–Crippen LogP) is 6.01. The third-order valence-corrected chi connectivity index (χ3v) is 5.68. The molecule has 0 N–H and O–H groups in total. The number of allylic oxidation sites excluding steroid dienone is 1. The van der Waals surface area contributed by atoms with Crippen molar-refractivity contribution in [1.29, 1.82) is 0 Å². The Morgan fingerprint density at radius 3 is 2.46 bits per heavy atom. The van der Waals surface area contributed by atoms with E-state index in [-0.39, 0.29) is 0 Å². The molecule has 0 radical (unpaired) electrons. The normalized spacial score (nSPS) is 12.1. The SMILES string of the molecule is CCCCCCCCC/C=C/CO[Si](C)(C)OCc1cccnc1. The molecule has 136 valence electrons. The minimum Gasteiger partial charge on any atom is -0.391 e. The Morgan fingerprint density at radius 1 is 1.00 bits per heavy atom. The molecule has 1 rings (SSSR count). The largest absolute Gasteiger partial charge is 0.391 e. The lowest BCUT2D eigenvalue weighted by molar-refractivity contribution is 0.186. The molecule has 0 unspecified atom stereocenters. The Kier molecular flexibility index (Phi) is 11.7. The first-order valence-electron chi connectivity index (χ1n) is 9.46. The first kappa shape index (κ1) is 21.1. The number of nitrogens with zero attached hydrogens (tertiary/aromatic N) is 1.